The molecule has 3 aromatic rings. The number of carbonyl (C=O) groups is 2. The molecule has 0 fully saturated rings. The van der Waals surface area contributed by atoms with Crippen LogP contribution in [0.15, 0.2) is 77.9 Å². The number of carbonyl (C=O) groups excluding carboxylic acids is 2. The fourth-order valence-electron chi connectivity index (χ4n) is 3.87. The van der Waals surface area contributed by atoms with Gasteiger partial charge in [0, 0.05) is 6.42 Å². The summed E-state index contributed by atoms with van der Waals surface area (Å²) in [5.41, 5.74) is 2.87. The average Bonchev–Trinajstić information content (AvgIpc) is 3.37. The van der Waals surface area contributed by atoms with Crippen LogP contribution >= 0.6 is 0 Å². The summed E-state index contributed by atoms with van der Waals surface area (Å²) in [5, 5.41) is 6.00. The number of rotatable bonds is 8. The van der Waals surface area contributed by atoms with Gasteiger partial charge < -0.3 is 18.9 Å². The summed E-state index contributed by atoms with van der Waals surface area (Å²) in [6, 6.07) is 21.5. The van der Waals surface area contributed by atoms with Crippen molar-refractivity contribution in [3.63, 3.8) is 0 Å². The third kappa shape index (κ3) is 5.27. The molecule has 0 radical (unpaired) electrons. The predicted molar refractivity (Wildman–Crippen MR) is 130 cm³/mol. The van der Waals surface area contributed by atoms with Gasteiger partial charge in [-0.2, -0.15) is 5.10 Å². The Bertz CT molecular complexity index is 1220. The Morgan fingerprint density at radius 3 is 2.26 bits per heavy atom. The maximum atomic E-state index is 13.2. The minimum absolute atomic E-state index is 0.247. The van der Waals surface area contributed by atoms with E-state index in [2.05, 4.69) is 5.10 Å². The van der Waals surface area contributed by atoms with E-state index in [1.165, 1.54) is 25.3 Å². The van der Waals surface area contributed by atoms with Gasteiger partial charge in [-0.3, -0.25) is 4.79 Å². The minimum atomic E-state index is -0.647. The standard InChI is InChI=1S/C27H26N2O6/c1-32-21-12-9-19(10-13-21)23-16-22(18-7-5-4-6-8-18)28-29(23)26(30)17-35-27(31)20-11-14-24(33-2)25(15-20)34-3/h4-15,23H,16-17H2,1-3H3/t23-/m0/s1. The van der Waals surface area contributed by atoms with Crippen molar-refractivity contribution >= 4 is 17.6 Å². The van der Waals surface area contributed by atoms with E-state index < -0.39 is 18.5 Å². The van der Waals surface area contributed by atoms with Crippen molar-refractivity contribution in [1.82, 2.24) is 5.01 Å². The van der Waals surface area contributed by atoms with E-state index in [4.69, 9.17) is 18.9 Å². The molecule has 0 unspecified atom stereocenters. The topological polar surface area (TPSA) is 86.7 Å². The molecule has 35 heavy (non-hydrogen) atoms. The number of hydrogen-bond donors (Lipinski definition) is 0. The molecule has 1 atom stereocenters. The van der Waals surface area contributed by atoms with Gasteiger partial charge in [-0.15, -0.1) is 0 Å². The van der Waals surface area contributed by atoms with Crippen LogP contribution < -0.4 is 14.2 Å². The molecule has 1 aliphatic heterocycles. The maximum Gasteiger partial charge on any atom is 0.338 e. The second-order valence-electron chi connectivity index (χ2n) is 7.79. The van der Waals surface area contributed by atoms with Gasteiger partial charge in [0.15, 0.2) is 18.1 Å². The molecule has 180 valence electrons. The molecule has 0 saturated heterocycles. The van der Waals surface area contributed by atoms with Gasteiger partial charge in [-0.25, -0.2) is 9.80 Å². The summed E-state index contributed by atoms with van der Waals surface area (Å²) in [5.74, 6) is 0.529. The summed E-state index contributed by atoms with van der Waals surface area (Å²) in [7, 11) is 4.59. The molecule has 8 heteroatoms. The van der Waals surface area contributed by atoms with Crippen LogP contribution in [-0.4, -0.2) is 50.5 Å². The van der Waals surface area contributed by atoms with Crippen molar-refractivity contribution in [2.45, 2.75) is 12.5 Å². The van der Waals surface area contributed by atoms with Gasteiger partial charge in [0.1, 0.15) is 5.75 Å². The molecule has 3 aromatic carbocycles. The highest BCUT2D eigenvalue weighted by Crippen LogP contribution is 2.34. The van der Waals surface area contributed by atoms with Crippen LogP contribution in [0.2, 0.25) is 0 Å². The highest BCUT2D eigenvalue weighted by atomic mass is 16.5. The number of methoxy groups -OCH3 is 3. The molecule has 8 nitrogen and oxygen atoms in total. The lowest BCUT2D eigenvalue weighted by Crippen LogP contribution is -2.31. The predicted octanol–water partition coefficient (Wildman–Crippen LogP) is 4.25. The Labute approximate surface area is 203 Å². The van der Waals surface area contributed by atoms with E-state index >= 15 is 0 Å². The average molecular weight is 475 g/mol. The van der Waals surface area contributed by atoms with Gasteiger partial charge in [0.05, 0.1) is 38.6 Å². The van der Waals surface area contributed by atoms with E-state index in [0.29, 0.717) is 17.9 Å². The number of hydrazone groups is 1. The van der Waals surface area contributed by atoms with Gasteiger partial charge in [-0.05, 0) is 41.5 Å². The fraction of sp³-hybridized carbons (Fsp3) is 0.222. The van der Waals surface area contributed by atoms with Crippen LogP contribution in [0.5, 0.6) is 17.2 Å². The number of nitrogens with zero attached hydrogens (tertiary/aromatic N) is 2. The normalized spacial score (nSPS) is 14.8. The second-order valence-corrected chi connectivity index (χ2v) is 7.79. The molecule has 1 aliphatic rings. The fourth-order valence-corrected chi connectivity index (χ4v) is 3.87. The molecular formula is C27H26N2O6. The molecule has 0 N–H and O–H groups in total. The second kappa shape index (κ2) is 10.7. The molecule has 1 amide bonds. The van der Waals surface area contributed by atoms with E-state index in [1.54, 1.807) is 19.2 Å². The summed E-state index contributed by atoms with van der Waals surface area (Å²) >= 11 is 0. The first-order chi connectivity index (χ1) is 17.0. The Morgan fingerprint density at radius 1 is 0.886 bits per heavy atom. The zero-order valence-corrected chi connectivity index (χ0v) is 19.8. The molecule has 1 heterocycles. The van der Waals surface area contributed by atoms with Gasteiger partial charge in [0.25, 0.3) is 5.91 Å². The Kier molecular flexibility index (Phi) is 7.30. The number of amides is 1. The Hall–Kier alpha value is -4.33. The van der Waals surface area contributed by atoms with Crippen LogP contribution in [0.25, 0.3) is 0 Å². The van der Waals surface area contributed by atoms with Crippen LogP contribution in [0.1, 0.15) is 33.9 Å². The molecule has 0 spiro atoms. The van der Waals surface area contributed by atoms with Crippen molar-refractivity contribution in [1.29, 1.82) is 0 Å². The number of benzene rings is 3. The largest absolute Gasteiger partial charge is 0.497 e. The Balaban J connectivity index is 1.52. The lowest BCUT2D eigenvalue weighted by Gasteiger charge is -2.22. The van der Waals surface area contributed by atoms with Crippen molar-refractivity contribution < 1.29 is 28.5 Å². The number of esters is 1. The van der Waals surface area contributed by atoms with Gasteiger partial charge >= 0.3 is 5.97 Å². The zero-order valence-electron chi connectivity index (χ0n) is 19.8. The minimum Gasteiger partial charge on any atom is -0.497 e. The highest BCUT2D eigenvalue weighted by molar-refractivity contribution is 6.03. The van der Waals surface area contributed by atoms with E-state index in [-0.39, 0.29) is 11.6 Å². The van der Waals surface area contributed by atoms with Crippen molar-refractivity contribution in [3.8, 4) is 17.2 Å². The first-order valence-corrected chi connectivity index (χ1v) is 11.0. The SMILES string of the molecule is COc1ccc([C@@H]2CC(c3ccccc3)=NN2C(=O)COC(=O)c2ccc(OC)c(OC)c2)cc1. The van der Waals surface area contributed by atoms with Crippen LogP contribution in [0.4, 0.5) is 0 Å². The van der Waals surface area contributed by atoms with E-state index in [9.17, 15) is 9.59 Å². The van der Waals surface area contributed by atoms with Gasteiger partial charge in [-0.1, -0.05) is 42.5 Å². The smallest absolute Gasteiger partial charge is 0.338 e. The van der Waals surface area contributed by atoms with E-state index in [0.717, 1.165) is 22.6 Å². The van der Waals surface area contributed by atoms with Crippen LogP contribution in [-0.2, 0) is 9.53 Å². The van der Waals surface area contributed by atoms with Crippen molar-refractivity contribution in [3.05, 3.63) is 89.5 Å². The van der Waals surface area contributed by atoms with E-state index in [1.807, 2.05) is 54.6 Å². The zero-order chi connectivity index (χ0) is 24.8. The van der Waals surface area contributed by atoms with Crippen LogP contribution in [0.3, 0.4) is 0 Å². The highest BCUT2D eigenvalue weighted by Gasteiger charge is 2.33. The monoisotopic (exact) mass is 474 g/mol. The van der Waals surface area contributed by atoms with Crippen molar-refractivity contribution in [2.75, 3.05) is 27.9 Å². The third-order valence-corrected chi connectivity index (χ3v) is 5.72. The molecular weight excluding hydrogens is 448 g/mol. The maximum absolute atomic E-state index is 13.2. The molecule has 4 rings (SSSR count). The van der Waals surface area contributed by atoms with Crippen LogP contribution in [0, 0.1) is 0 Å². The molecule has 0 aromatic heterocycles. The summed E-state index contributed by atoms with van der Waals surface area (Å²) in [6.45, 7) is -0.453. The van der Waals surface area contributed by atoms with Gasteiger partial charge in [0.2, 0.25) is 0 Å². The first-order valence-electron chi connectivity index (χ1n) is 11.0. The Morgan fingerprint density at radius 2 is 1.60 bits per heavy atom. The lowest BCUT2D eigenvalue weighted by molar-refractivity contribution is -0.136. The van der Waals surface area contributed by atoms with Crippen molar-refractivity contribution in [2.24, 2.45) is 5.10 Å². The third-order valence-electron chi connectivity index (χ3n) is 5.72. The summed E-state index contributed by atoms with van der Waals surface area (Å²) < 4.78 is 21.0. The molecule has 0 aliphatic carbocycles. The molecule has 0 bridgehead atoms. The lowest BCUT2D eigenvalue weighted by atomic mass is 9.98. The number of ether oxygens (including phenoxy) is 4. The summed E-state index contributed by atoms with van der Waals surface area (Å²) in [4.78, 5) is 25.8. The molecule has 0 saturated carbocycles. The quantitative estimate of drug-likeness (QED) is 0.454. The summed E-state index contributed by atoms with van der Waals surface area (Å²) in [6.07, 6.45) is 0.533. The first kappa shape index (κ1) is 23.8. The number of hydrogen-bond acceptors (Lipinski definition) is 7.